The van der Waals surface area contributed by atoms with E-state index in [1.807, 2.05) is 4.90 Å². The number of hydrogen-bond acceptors (Lipinski definition) is 3. The van der Waals surface area contributed by atoms with Crippen LogP contribution >= 0.6 is 15.9 Å². The number of amides is 1. The molecule has 0 bridgehead atoms. The molecule has 0 radical (unpaired) electrons. The zero-order valence-electron chi connectivity index (χ0n) is 9.36. The summed E-state index contributed by atoms with van der Waals surface area (Å²) in [4.78, 5) is 14.1. The Morgan fingerprint density at radius 2 is 2.31 bits per heavy atom. The van der Waals surface area contributed by atoms with Crippen molar-refractivity contribution in [3.63, 3.8) is 0 Å². The molecule has 4 nitrogen and oxygen atoms in total. The molecule has 2 rings (SSSR count). The molecule has 2 heterocycles. The summed E-state index contributed by atoms with van der Waals surface area (Å²) in [6.45, 7) is 3.47. The summed E-state index contributed by atoms with van der Waals surface area (Å²) in [5.41, 5.74) is 0. The van der Waals surface area contributed by atoms with Crippen LogP contribution in [0.4, 0.5) is 0 Å². The van der Waals surface area contributed by atoms with Crippen LogP contribution in [-0.4, -0.2) is 55.2 Å². The van der Waals surface area contributed by atoms with E-state index in [1.165, 1.54) is 0 Å². The molecule has 0 aromatic carbocycles. The second kappa shape index (κ2) is 5.98. The van der Waals surface area contributed by atoms with Gasteiger partial charge in [0.05, 0.1) is 25.2 Å². The highest BCUT2D eigenvalue weighted by atomic mass is 79.9. The van der Waals surface area contributed by atoms with E-state index in [-0.39, 0.29) is 17.9 Å². The predicted octanol–water partition coefficient (Wildman–Crippen LogP) is 1.04. The molecule has 1 amide bonds. The van der Waals surface area contributed by atoms with Crippen molar-refractivity contribution in [3.8, 4) is 0 Å². The van der Waals surface area contributed by atoms with Crippen LogP contribution in [-0.2, 0) is 14.3 Å². The van der Waals surface area contributed by atoms with Crippen molar-refractivity contribution >= 4 is 21.8 Å². The van der Waals surface area contributed by atoms with Crippen molar-refractivity contribution in [2.24, 2.45) is 5.92 Å². The maximum Gasteiger partial charge on any atom is 0.228 e. The summed E-state index contributed by atoms with van der Waals surface area (Å²) in [7, 11) is 0. The fourth-order valence-electron chi connectivity index (χ4n) is 2.21. The molecule has 0 aliphatic carbocycles. The maximum absolute atomic E-state index is 12.2. The van der Waals surface area contributed by atoms with Crippen LogP contribution in [0.25, 0.3) is 0 Å². The fourth-order valence-corrected chi connectivity index (χ4v) is 2.60. The lowest BCUT2D eigenvalue weighted by atomic mass is 10.0. The third-order valence-corrected chi connectivity index (χ3v) is 3.85. The van der Waals surface area contributed by atoms with Gasteiger partial charge < -0.3 is 14.4 Å². The lowest BCUT2D eigenvalue weighted by Crippen LogP contribution is -2.49. The van der Waals surface area contributed by atoms with E-state index in [4.69, 9.17) is 9.47 Å². The number of carbonyl (C=O) groups excluding carboxylic acids is 1. The Morgan fingerprint density at radius 1 is 1.44 bits per heavy atom. The lowest BCUT2D eigenvalue weighted by molar-refractivity contribution is -0.146. The first kappa shape index (κ1) is 12.3. The Labute approximate surface area is 104 Å². The molecule has 2 saturated heterocycles. The van der Waals surface area contributed by atoms with Gasteiger partial charge in [0.1, 0.15) is 0 Å². The molecule has 0 spiro atoms. The molecule has 0 aromatic rings. The van der Waals surface area contributed by atoms with Gasteiger partial charge in [0.2, 0.25) is 5.91 Å². The van der Waals surface area contributed by atoms with Gasteiger partial charge in [-0.2, -0.15) is 0 Å². The molecule has 16 heavy (non-hydrogen) atoms. The maximum atomic E-state index is 12.2. The van der Waals surface area contributed by atoms with Crippen molar-refractivity contribution in [1.82, 2.24) is 4.90 Å². The van der Waals surface area contributed by atoms with Crippen LogP contribution in [0.5, 0.6) is 0 Å². The van der Waals surface area contributed by atoms with E-state index in [1.54, 1.807) is 0 Å². The molecule has 0 aromatic heterocycles. The third kappa shape index (κ3) is 2.96. The van der Waals surface area contributed by atoms with E-state index < -0.39 is 0 Å². The molecule has 2 fully saturated rings. The highest BCUT2D eigenvalue weighted by Gasteiger charge is 2.30. The third-order valence-electron chi connectivity index (χ3n) is 3.13. The second-order valence-corrected chi connectivity index (χ2v) is 4.99. The van der Waals surface area contributed by atoms with Crippen LogP contribution < -0.4 is 0 Å². The van der Waals surface area contributed by atoms with Gasteiger partial charge in [-0.25, -0.2) is 0 Å². The summed E-state index contributed by atoms with van der Waals surface area (Å²) in [6.07, 6.45) is 2.11. The highest BCUT2D eigenvalue weighted by Crippen LogP contribution is 2.18. The summed E-state index contributed by atoms with van der Waals surface area (Å²) < 4.78 is 10.9. The number of alkyl halides is 1. The number of morpholine rings is 1. The van der Waals surface area contributed by atoms with Crippen molar-refractivity contribution in [3.05, 3.63) is 0 Å². The number of hydrogen-bond donors (Lipinski definition) is 0. The van der Waals surface area contributed by atoms with Crippen LogP contribution in [0.3, 0.4) is 0 Å². The van der Waals surface area contributed by atoms with Gasteiger partial charge >= 0.3 is 0 Å². The van der Waals surface area contributed by atoms with Crippen molar-refractivity contribution in [1.29, 1.82) is 0 Å². The summed E-state index contributed by atoms with van der Waals surface area (Å²) in [5, 5.41) is 0.790. The Balaban J connectivity index is 1.87. The van der Waals surface area contributed by atoms with Crippen LogP contribution in [0.15, 0.2) is 0 Å². The van der Waals surface area contributed by atoms with E-state index in [2.05, 4.69) is 15.9 Å². The zero-order valence-corrected chi connectivity index (χ0v) is 10.9. The van der Waals surface area contributed by atoms with E-state index in [0.717, 1.165) is 31.3 Å². The van der Waals surface area contributed by atoms with Gasteiger partial charge in [-0.15, -0.1) is 0 Å². The largest absolute Gasteiger partial charge is 0.381 e. The SMILES string of the molecule is O=C(C1CCCOC1)N1CCOC(CBr)C1. The molecule has 2 atom stereocenters. The predicted molar refractivity (Wildman–Crippen MR) is 63.7 cm³/mol. The van der Waals surface area contributed by atoms with Gasteiger partial charge in [0.25, 0.3) is 0 Å². The minimum absolute atomic E-state index is 0.0721. The molecular weight excluding hydrogens is 274 g/mol. The zero-order chi connectivity index (χ0) is 11.4. The van der Waals surface area contributed by atoms with Gasteiger partial charge in [-0.1, -0.05) is 15.9 Å². The quantitative estimate of drug-likeness (QED) is 0.714. The Morgan fingerprint density at radius 3 is 3.00 bits per heavy atom. The van der Waals surface area contributed by atoms with Crippen molar-refractivity contribution in [2.75, 3.05) is 38.2 Å². The number of rotatable bonds is 2. The molecular formula is C11H18BrNO3. The molecule has 2 aliphatic heterocycles. The van der Waals surface area contributed by atoms with E-state index in [9.17, 15) is 4.79 Å². The molecule has 0 N–H and O–H groups in total. The average molecular weight is 292 g/mol. The topological polar surface area (TPSA) is 38.8 Å². The van der Waals surface area contributed by atoms with Gasteiger partial charge in [-0.3, -0.25) is 4.79 Å². The van der Waals surface area contributed by atoms with Crippen molar-refractivity contribution in [2.45, 2.75) is 18.9 Å². The van der Waals surface area contributed by atoms with E-state index >= 15 is 0 Å². The summed E-state index contributed by atoms with van der Waals surface area (Å²) in [6, 6.07) is 0. The van der Waals surface area contributed by atoms with Crippen LogP contribution in [0, 0.1) is 5.92 Å². The molecule has 2 aliphatic rings. The number of ether oxygens (including phenoxy) is 2. The second-order valence-electron chi connectivity index (χ2n) is 4.35. The minimum Gasteiger partial charge on any atom is -0.381 e. The Bertz CT molecular complexity index is 243. The van der Waals surface area contributed by atoms with E-state index in [0.29, 0.717) is 19.8 Å². The summed E-state index contributed by atoms with van der Waals surface area (Å²) in [5.74, 6) is 0.316. The number of carbonyl (C=O) groups is 1. The van der Waals surface area contributed by atoms with Crippen LogP contribution in [0.1, 0.15) is 12.8 Å². The number of halogens is 1. The molecule has 0 saturated carbocycles. The smallest absolute Gasteiger partial charge is 0.228 e. The number of nitrogens with zero attached hydrogens (tertiary/aromatic N) is 1. The van der Waals surface area contributed by atoms with Gasteiger partial charge in [0, 0.05) is 25.0 Å². The first-order valence-electron chi connectivity index (χ1n) is 5.85. The average Bonchev–Trinajstić information content (AvgIpc) is 2.39. The van der Waals surface area contributed by atoms with Crippen LogP contribution in [0.2, 0.25) is 0 Å². The molecule has 92 valence electrons. The Kier molecular flexibility index (Phi) is 4.61. The molecule has 5 heteroatoms. The van der Waals surface area contributed by atoms with Crippen molar-refractivity contribution < 1.29 is 14.3 Å². The van der Waals surface area contributed by atoms with Gasteiger partial charge in [0.15, 0.2) is 0 Å². The molecule has 2 unspecified atom stereocenters. The minimum atomic E-state index is 0.0721. The monoisotopic (exact) mass is 291 g/mol. The fraction of sp³-hybridized carbons (Fsp3) is 0.909. The summed E-state index contributed by atoms with van der Waals surface area (Å²) >= 11 is 3.40. The first-order chi connectivity index (χ1) is 7.81. The normalized spacial score (nSPS) is 31.4. The Hall–Kier alpha value is -0.130. The first-order valence-corrected chi connectivity index (χ1v) is 6.97. The highest BCUT2D eigenvalue weighted by molar-refractivity contribution is 9.09. The van der Waals surface area contributed by atoms with Gasteiger partial charge in [-0.05, 0) is 12.8 Å². The lowest BCUT2D eigenvalue weighted by Gasteiger charge is -2.35. The standard InChI is InChI=1S/C11H18BrNO3/c12-6-10-7-13(3-5-16-10)11(14)9-2-1-4-15-8-9/h9-10H,1-8H2.